The normalized spacial score (nSPS) is 11.4. The van der Waals surface area contributed by atoms with Crippen LogP contribution in [0.2, 0.25) is 0 Å². The number of aryl methyl sites for hydroxylation is 1. The number of nitrogen functional groups attached to an aromatic ring is 1. The Morgan fingerprint density at radius 1 is 1.42 bits per heavy atom. The molecule has 0 saturated heterocycles. The number of alkyl halides is 3. The highest BCUT2D eigenvalue weighted by molar-refractivity contribution is 5.99. The quantitative estimate of drug-likeness (QED) is 0.637. The van der Waals surface area contributed by atoms with Crippen LogP contribution < -0.4 is 11.1 Å². The Labute approximate surface area is 108 Å². The minimum absolute atomic E-state index is 0.0116. The average Bonchev–Trinajstić information content (AvgIpc) is 2.30. The molecule has 0 unspecified atom stereocenters. The van der Waals surface area contributed by atoms with Gasteiger partial charge in [-0.25, -0.2) is 0 Å². The number of carbonyl (C=O) groups excluding carboxylic acids is 1. The standard InChI is InChI=1S/C12H15F3N2O2/c1-8-3-2-4-9(10(8)16)11(18)17-5-6-19-7-12(13,14)15/h2-4H,5-7,16H2,1H3,(H,17,18). The molecule has 0 spiro atoms. The summed E-state index contributed by atoms with van der Waals surface area (Å²) < 4.78 is 39.7. The summed E-state index contributed by atoms with van der Waals surface area (Å²) in [4.78, 5) is 11.7. The fourth-order valence-electron chi connectivity index (χ4n) is 1.40. The lowest BCUT2D eigenvalue weighted by Gasteiger charge is -2.10. The summed E-state index contributed by atoms with van der Waals surface area (Å²) in [5.74, 6) is -0.434. The van der Waals surface area contributed by atoms with Crippen LogP contribution in [0.5, 0.6) is 0 Å². The largest absolute Gasteiger partial charge is 0.411 e. The summed E-state index contributed by atoms with van der Waals surface area (Å²) in [7, 11) is 0. The second-order valence-corrected chi connectivity index (χ2v) is 3.96. The number of amides is 1. The van der Waals surface area contributed by atoms with Crippen LogP contribution in [0.3, 0.4) is 0 Å². The van der Waals surface area contributed by atoms with E-state index in [2.05, 4.69) is 10.1 Å². The third-order valence-corrected chi connectivity index (χ3v) is 2.37. The fourth-order valence-corrected chi connectivity index (χ4v) is 1.40. The first-order chi connectivity index (χ1) is 8.81. The van der Waals surface area contributed by atoms with Gasteiger partial charge >= 0.3 is 6.18 Å². The van der Waals surface area contributed by atoms with Crippen molar-refractivity contribution in [2.75, 3.05) is 25.5 Å². The number of nitrogens with two attached hydrogens (primary N) is 1. The zero-order valence-electron chi connectivity index (χ0n) is 10.4. The highest BCUT2D eigenvalue weighted by Gasteiger charge is 2.27. The second kappa shape index (κ2) is 6.42. The molecule has 0 aromatic heterocycles. The monoisotopic (exact) mass is 276 g/mol. The maximum atomic E-state index is 11.8. The number of hydrogen-bond acceptors (Lipinski definition) is 3. The molecule has 3 N–H and O–H groups in total. The molecule has 1 aromatic rings. The van der Waals surface area contributed by atoms with Crippen molar-refractivity contribution in [2.24, 2.45) is 0 Å². The molecule has 0 radical (unpaired) electrons. The maximum Gasteiger partial charge on any atom is 0.411 e. The van der Waals surface area contributed by atoms with Crippen LogP contribution in [-0.2, 0) is 4.74 Å². The lowest BCUT2D eigenvalue weighted by molar-refractivity contribution is -0.173. The second-order valence-electron chi connectivity index (χ2n) is 3.96. The molecule has 1 amide bonds. The minimum atomic E-state index is -4.36. The SMILES string of the molecule is Cc1cccc(C(=O)NCCOCC(F)(F)F)c1N. The fraction of sp³-hybridized carbons (Fsp3) is 0.417. The highest BCUT2D eigenvalue weighted by atomic mass is 19.4. The summed E-state index contributed by atoms with van der Waals surface area (Å²) in [5, 5.41) is 2.44. The van der Waals surface area contributed by atoms with Crippen LogP contribution in [0.4, 0.5) is 18.9 Å². The summed E-state index contributed by atoms with van der Waals surface area (Å²) in [6, 6.07) is 4.99. The van der Waals surface area contributed by atoms with Crippen molar-refractivity contribution < 1.29 is 22.7 Å². The maximum absolute atomic E-state index is 11.8. The molecular formula is C12H15F3N2O2. The molecule has 1 rings (SSSR count). The molecule has 106 valence electrons. The predicted molar refractivity (Wildman–Crippen MR) is 64.8 cm³/mol. The predicted octanol–water partition coefficient (Wildman–Crippen LogP) is 1.89. The van der Waals surface area contributed by atoms with Crippen molar-refractivity contribution in [1.82, 2.24) is 5.32 Å². The Kier molecular flexibility index (Phi) is 5.17. The number of halogens is 3. The van der Waals surface area contributed by atoms with Crippen molar-refractivity contribution in [3.63, 3.8) is 0 Å². The molecule has 0 bridgehead atoms. The molecule has 0 atom stereocenters. The van der Waals surface area contributed by atoms with Gasteiger partial charge in [-0.15, -0.1) is 0 Å². The smallest absolute Gasteiger partial charge is 0.398 e. The van der Waals surface area contributed by atoms with Crippen molar-refractivity contribution in [3.05, 3.63) is 29.3 Å². The number of hydrogen-bond donors (Lipinski definition) is 2. The lowest BCUT2D eigenvalue weighted by atomic mass is 10.1. The van der Waals surface area contributed by atoms with E-state index in [-0.39, 0.29) is 13.2 Å². The molecule has 7 heteroatoms. The summed E-state index contributed by atoms with van der Waals surface area (Å²) in [6.07, 6.45) is -4.36. The zero-order valence-corrected chi connectivity index (χ0v) is 10.4. The zero-order chi connectivity index (χ0) is 14.5. The molecule has 0 aliphatic heterocycles. The average molecular weight is 276 g/mol. The molecular weight excluding hydrogens is 261 g/mol. The van der Waals surface area contributed by atoms with Crippen molar-refractivity contribution >= 4 is 11.6 Å². The van der Waals surface area contributed by atoms with E-state index in [9.17, 15) is 18.0 Å². The van der Waals surface area contributed by atoms with Crippen LogP contribution in [0.1, 0.15) is 15.9 Å². The minimum Gasteiger partial charge on any atom is -0.398 e. The Morgan fingerprint density at radius 2 is 2.11 bits per heavy atom. The number of anilines is 1. The van der Waals surface area contributed by atoms with E-state index in [4.69, 9.17) is 5.73 Å². The van der Waals surface area contributed by atoms with Crippen molar-refractivity contribution in [2.45, 2.75) is 13.1 Å². The summed E-state index contributed by atoms with van der Waals surface area (Å²) >= 11 is 0. The Hall–Kier alpha value is -1.76. The van der Waals surface area contributed by atoms with Gasteiger partial charge in [-0.1, -0.05) is 12.1 Å². The number of carbonyl (C=O) groups is 1. The topological polar surface area (TPSA) is 64.3 Å². The first-order valence-corrected chi connectivity index (χ1v) is 5.59. The van der Waals surface area contributed by atoms with Crippen LogP contribution in [0.15, 0.2) is 18.2 Å². The van der Waals surface area contributed by atoms with Gasteiger partial charge in [0.1, 0.15) is 6.61 Å². The van der Waals surface area contributed by atoms with E-state index >= 15 is 0 Å². The first-order valence-electron chi connectivity index (χ1n) is 5.59. The van der Waals surface area contributed by atoms with Gasteiger partial charge in [0.15, 0.2) is 0 Å². The molecule has 0 aliphatic carbocycles. The van der Waals surface area contributed by atoms with E-state index in [0.29, 0.717) is 11.3 Å². The van der Waals surface area contributed by atoms with Gasteiger partial charge in [0, 0.05) is 12.2 Å². The highest BCUT2D eigenvalue weighted by Crippen LogP contribution is 2.16. The number of para-hydroxylation sites is 1. The lowest BCUT2D eigenvalue weighted by Crippen LogP contribution is -2.29. The third kappa shape index (κ3) is 5.17. The van der Waals surface area contributed by atoms with Gasteiger partial charge in [-0.3, -0.25) is 4.79 Å². The van der Waals surface area contributed by atoms with E-state index in [1.807, 2.05) is 0 Å². The summed E-state index contributed by atoms with van der Waals surface area (Å²) in [5.41, 5.74) is 7.15. The van der Waals surface area contributed by atoms with E-state index in [1.165, 1.54) is 0 Å². The molecule has 0 fully saturated rings. The molecule has 0 aliphatic rings. The van der Waals surface area contributed by atoms with Gasteiger partial charge in [0.25, 0.3) is 5.91 Å². The van der Waals surface area contributed by atoms with Crippen LogP contribution in [0.25, 0.3) is 0 Å². The van der Waals surface area contributed by atoms with Crippen molar-refractivity contribution in [1.29, 1.82) is 0 Å². The van der Waals surface area contributed by atoms with E-state index in [0.717, 1.165) is 5.56 Å². The molecule has 1 aromatic carbocycles. The molecule has 4 nitrogen and oxygen atoms in total. The number of benzene rings is 1. The van der Waals surface area contributed by atoms with Crippen LogP contribution >= 0.6 is 0 Å². The molecule has 0 saturated carbocycles. The van der Waals surface area contributed by atoms with Gasteiger partial charge in [-0.2, -0.15) is 13.2 Å². The van der Waals surface area contributed by atoms with Crippen LogP contribution in [-0.4, -0.2) is 31.8 Å². The van der Waals surface area contributed by atoms with Gasteiger partial charge in [0.2, 0.25) is 0 Å². The van der Waals surface area contributed by atoms with Gasteiger partial charge < -0.3 is 15.8 Å². The van der Waals surface area contributed by atoms with Gasteiger partial charge in [0.05, 0.1) is 12.2 Å². The Morgan fingerprint density at radius 3 is 2.74 bits per heavy atom. The number of rotatable bonds is 5. The number of ether oxygens (including phenoxy) is 1. The van der Waals surface area contributed by atoms with E-state index < -0.39 is 18.7 Å². The molecule has 19 heavy (non-hydrogen) atoms. The molecule has 0 heterocycles. The summed E-state index contributed by atoms with van der Waals surface area (Å²) in [6.45, 7) is 0.216. The van der Waals surface area contributed by atoms with E-state index in [1.54, 1.807) is 25.1 Å². The first kappa shape index (κ1) is 15.3. The van der Waals surface area contributed by atoms with Gasteiger partial charge in [-0.05, 0) is 18.6 Å². The van der Waals surface area contributed by atoms with Crippen LogP contribution in [0, 0.1) is 6.92 Å². The third-order valence-electron chi connectivity index (χ3n) is 2.37. The van der Waals surface area contributed by atoms with Crippen molar-refractivity contribution in [3.8, 4) is 0 Å². The Balaban J connectivity index is 2.38. The number of nitrogens with one attached hydrogen (secondary N) is 1. The Bertz CT molecular complexity index is 447.